The molecule has 2 N–H and O–H groups in total. The largest absolute Gasteiger partial charge is 0.490 e. The summed E-state index contributed by atoms with van der Waals surface area (Å²) in [6.45, 7) is 6.13. The number of nitrogens with one attached hydrogen (secondary N) is 2. The number of hydrogen-bond acceptors (Lipinski definition) is 6. The summed E-state index contributed by atoms with van der Waals surface area (Å²) in [5, 5.41) is 6.34. The van der Waals surface area contributed by atoms with Crippen LogP contribution in [0.1, 0.15) is 68.1 Å². The molecule has 2 aromatic rings. The van der Waals surface area contributed by atoms with Crippen molar-refractivity contribution in [1.29, 1.82) is 0 Å². The molecule has 2 aliphatic carbocycles. The van der Waals surface area contributed by atoms with Crippen LogP contribution in [0.3, 0.4) is 0 Å². The molecule has 39 heavy (non-hydrogen) atoms. The zero-order valence-electron chi connectivity index (χ0n) is 22.5. The van der Waals surface area contributed by atoms with Gasteiger partial charge in [0.1, 0.15) is 0 Å². The number of ketones is 2. The molecule has 204 valence electrons. The Kier molecular flexibility index (Phi) is 8.11. The van der Waals surface area contributed by atoms with Gasteiger partial charge >= 0.3 is 0 Å². The van der Waals surface area contributed by atoms with Crippen LogP contribution in [-0.2, 0) is 14.4 Å². The van der Waals surface area contributed by atoms with E-state index in [9.17, 15) is 14.4 Å². The summed E-state index contributed by atoms with van der Waals surface area (Å²) in [7, 11) is 0. The maximum Gasteiger partial charge on any atom is 0.262 e. The van der Waals surface area contributed by atoms with E-state index in [1.165, 1.54) is 0 Å². The van der Waals surface area contributed by atoms with Gasteiger partial charge in [0.25, 0.3) is 5.91 Å². The highest BCUT2D eigenvalue weighted by Crippen LogP contribution is 2.47. The predicted molar refractivity (Wildman–Crippen MR) is 158 cm³/mol. The molecule has 0 aromatic heterocycles. The molecule has 0 radical (unpaired) electrons. The topological polar surface area (TPSA) is 93.7 Å². The lowest BCUT2D eigenvalue weighted by molar-refractivity contribution is -0.118. The Morgan fingerprint density at radius 3 is 2.23 bits per heavy atom. The highest BCUT2D eigenvalue weighted by Gasteiger charge is 2.40. The number of Topliss-reactive ketones (excluding diaryl/α,β-unsaturated/α-hetero) is 2. The minimum atomic E-state index is -0.424. The fourth-order valence-corrected chi connectivity index (χ4v) is 6.41. The minimum Gasteiger partial charge on any atom is -0.490 e. The third-order valence-electron chi connectivity index (χ3n) is 7.59. The van der Waals surface area contributed by atoms with E-state index >= 15 is 0 Å². The second-order valence-electron chi connectivity index (χ2n) is 10.3. The standard InChI is InChI=1S/C31H33IN2O5/c1-4-38-26-15-19(14-21(32)31(26)39-16-27(37)33-20-12-11-17(2)18(3)13-20)28-29-22(7-5-9-24(29)35)34-23-8-6-10-25(36)30(23)28/h11-15,28,34H,4-10,16H2,1-3H3,(H,33,37). The van der Waals surface area contributed by atoms with Gasteiger partial charge in [0, 0.05) is 47.0 Å². The molecule has 0 atom stereocenters. The smallest absolute Gasteiger partial charge is 0.262 e. The Hall–Kier alpha value is -3.14. The molecule has 3 aliphatic rings. The normalized spacial score (nSPS) is 17.4. The molecule has 0 saturated heterocycles. The lowest BCUT2D eigenvalue weighted by Crippen LogP contribution is -2.36. The Morgan fingerprint density at radius 2 is 1.62 bits per heavy atom. The average Bonchev–Trinajstić information content (AvgIpc) is 2.89. The van der Waals surface area contributed by atoms with E-state index in [0.717, 1.165) is 63.0 Å². The highest BCUT2D eigenvalue weighted by molar-refractivity contribution is 14.1. The maximum absolute atomic E-state index is 13.2. The number of rotatable bonds is 7. The van der Waals surface area contributed by atoms with Crippen LogP contribution in [0.2, 0.25) is 0 Å². The molecule has 1 heterocycles. The Labute approximate surface area is 242 Å². The molecule has 0 bridgehead atoms. The maximum atomic E-state index is 13.2. The molecule has 0 fully saturated rings. The molecule has 5 rings (SSSR count). The van der Waals surface area contributed by atoms with Crippen molar-refractivity contribution in [3.8, 4) is 11.5 Å². The van der Waals surface area contributed by atoms with E-state index in [-0.39, 0.29) is 24.1 Å². The Balaban J connectivity index is 1.46. The van der Waals surface area contributed by atoms with Crippen molar-refractivity contribution in [1.82, 2.24) is 5.32 Å². The van der Waals surface area contributed by atoms with E-state index in [4.69, 9.17) is 9.47 Å². The molecule has 1 amide bonds. The summed E-state index contributed by atoms with van der Waals surface area (Å²) in [6.07, 6.45) is 4.20. The van der Waals surface area contributed by atoms with E-state index in [0.29, 0.717) is 42.1 Å². The number of aryl methyl sites for hydroxylation is 2. The molecule has 0 spiro atoms. The van der Waals surface area contributed by atoms with Gasteiger partial charge in [-0.05, 0) is 110 Å². The lowest BCUT2D eigenvalue weighted by Gasteiger charge is -2.37. The van der Waals surface area contributed by atoms with Gasteiger partial charge in [-0.15, -0.1) is 0 Å². The van der Waals surface area contributed by atoms with Gasteiger partial charge in [0.05, 0.1) is 10.2 Å². The van der Waals surface area contributed by atoms with Crippen LogP contribution < -0.4 is 20.1 Å². The van der Waals surface area contributed by atoms with E-state index < -0.39 is 5.92 Å². The SMILES string of the molecule is CCOc1cc(C2C3=C(CCCC3=O)NC3=C2C(=O)CCC3)cc(I)c1OCC(=O)Nc1ccc(C)c(C)c1. The molecule has 0 unspecified atom stereocenters. The number of amides is 1. The van der Waals surface area contributed by atoms with Crippen molar-refractivity contribution in [2.45, 2.75) is 65.2 Å². The number of halogens is 1. The summed E-state index contributed by atoms with van der Waals surface area (Å²) in [5.74, 6) is 0.451. The van der Waals surface area contributed by atoms with Gasteiger partial charge < -0.3 is 20.1 Å². The monoisotopic (exact) mass is 640 g/mol. The van der Waals surface area contributed by atoms with Crippen molar-refractivity contribution >= 4 is 45.8 Å². The number of hydrogen-bond donors (Lipinski definition) is 2. The first-order valence-electron chi connectivity index (χ1n) is 13.5. The van der Waals surface area contributed by atoms with Crippen LogP contribution in [0.15, 0.2) is 52.9 Å². The van der Waals surface area contributed by atoms with Crippen LogP contribution in [0.25, 0.3) is 0 Å². The number of ether oxygens (including phenoxy) is 2. The fraction of sp³-hybridized carbons (Fsp3) is 0.387. The zero-order valence-corrected chi connectivity index (χ0v) is 24.7. The van der Waals surface area contributed by atoms with Crippen LogP contribution in [0.5, 0.6) is 11.5 Å². The number of allylic oxidation sites excluding steroid dienone is 4. The first kappa shape index (κ1) is 27.4. The van der Waals surface area contributed by atoms with Gasteiger partial charge in [-0.1, -0.05) is 6.07 Å². The fourth-order valence-electron chi connectivity index (χ4n) is 5.63. The number of anilines is 1. The van der Waals surface area contributed by atoms with E-state index in [1.807, 2.05) is 51.1 Å². The molecule has 1 aliphatic heterocycles. The van der Waals surface area contributed by atoms with E-state index in [1.54, 1.807) is 0 Å². The third kappa shape index (κ3) is 5.62. The number of dihydropyridines is 1. The zero-order chi connectivity index (χ0) is 27.7. The summed E-state index contributed by atoms with van der Waals surface area (Å²) in [4.78, 5) is 39.1. The van der Waals surface area contributed by atoms with Crippen LogP contribution in [-0.4, -0.2) is 30.7 Å². The molecule has 2 aromatic carbocycles. The summed E-state index contributed by atoms with van der Waals surface area (Å²) in [5.41, 5.74) is 7.10. The van der Waals surface area contributed by atoms with Crippen molar-refractivity contribution in [3.05, 3.63) is 73.1 Å². The van der Waals surface area contributed by atoms with Crippen LogP contribution in [0.4, 0.5) is 5.69 Å². The lowest BCUT2D eigenvalue weighted by atomic mass is 9.71. The molecule has 7 nitrogen and oxygen atoms in total. The molecule has 0 saturated carbocycles. The molecule has 8 heteroatoms. The van der Waals surface area contributed by atoms with Crippen molar-refractivity contribution in [2.24, 2.45) is 0 Å². The number of carbonyl (C=O) groups is 3. The van der Waals surface area contributed by atoms with Crippen LogP contribution >= 0.6 is 22.6 Å². The van der Waals surface area contributed by atoms with Gasteiger partial charge in [-0.25, -0.2) is 0 Å². The van der Waals surface area contributed by atoms with Crippen molar-refractivity contribution < 1.29 is 23.9 Å². The summed E-state index contributed by atoms with van der Waals surface area (Å²) < 4.78 is 12.7. The van der Waals surface area contributed by atoms with Gasteiger partial charge in [-0.3, -0.25) is 14.4 Å². The van der Waals surface area contributed by atoms with Crippen molar-refractivity contribution in [2.75, 3.05) is 18.5 Å². The molecular formula is C31H33IN2O5. The minimum absolute atomic E-state index is 0.0926. The number of benzene rings is 2. The van der Waals surface area contributed by atoms with Gasteiger partial charge in [0.15, 0.2) is 29.7 Å². The molecular weight excluding hydrogens is 607 g/mol. The summed E-state index contributed by atoms with van der Waals surface area (Å²) >= 11 is 2.18. The number of carbonyl (C=O) groups excluding carboxylic acids is 3. The second-order valence-corrected chi connectivity index (χ2v) is 11.5. The highest BCUT2D eigenvalue weighted by atomic mass is 127. The quantitative estimate of drug-likeness (QED) is 0.360. The van der Waals surface area contributed by atoms with Crippen molar-refractivity contribution in [3.63, 3.8) is 0 Å². The van der Waals surface area contributed by atoms with Gasteiger partial charge in [0.2, 0.25) is 0 Å². The van der Waals surface area contributed by atoms with E-state index in [2.05, 4.69) is 33.2 Å². The van der Waals surface area contributed by atoms with Gasteiger partial charge in [-0.2, -0.15) is 0 Å². The van der Waals surface area contributed by atoms with Crippen LogP contribution in [0, 0.1) is 17.4 Å². The average molecular weight is 641 g/mol. The first-order valence-corrected chi connectivity index (χ1v) is 14.6. The second kappa shape index (κ2) is 11.5. The predicted octanol–water partition coefficient (Wildman–Crippen LogP) is 6.03. The third-order valence-corrected chi connectivity index (χ3v) is 8.40. The first-order chi connectivity index (χ1) is 18.8. The summed E-state index contributed by atoms with van der Waals surface area (Å²) in [6, 6.07) is 9.60. The Morgan fingerprint density at radius 1 is 0.949 bits per heavy atom. The Bertz CT molecular complexity index is 1380.